The van der Waals surface area contributed by atoms with Gasteiger partial charge in [0.05, 0.1) is 0 Å². The molecular weight excluding hydrogens is 270 g/mol. The lowest BCUT2D eigenvalue weighted by molar-refractivity contribution is 0.0817. The van der Waals surface area contributed by atoms with Crippen LogP contribution >= 0.6 is 0 Å². The quantitative estimate of drug-likeness (QED) is 0.936. The fraction of sp³-hybridized carbons (Fsp3) is 0.400. The number of benzene rings is 2. The van der Waals surface area contributed by atoms with Gasteiger partial charge in [-0.1, -0.05) is 54.6 Å². The minimum Gasteiger partial charge on any atom is -0.384 e. The molecule has 0 radical (unpaired) electrons. The summed E-state index contributed by atoms with van der Waals surface area (Å²) >= 11 is 0. The number of piperidine rings is 3. The molecule has 3 heterocycles. The fourth-order valence-electron chi connectivity index (χ4n) is 4.11. The number of fused-ring (bicyclic) bond motifs is 3. The molecule has 0 amide bonds. The van der Waals surface area contributed by atoms with E-state index in [9.17, 15) is 5.11 Å². The normalized spacial score (nSPS) is 28.5. The largest absolute Gasteiger partial charge is 0.384 e. The lowest BCUT2D eigenvalue weighted by Crippen LogP contribution is -2.50. The number of rotatable bonds is 3. The van der Waals surface area contributed by atoms with Gasteiger partial charge in [-0.05, 0) is 61.0 Å². The Kier molecular flexibility index (Phi) is 3.51. The minimum atomic E-state index is -0.527. The molecule has 5 rings (SSSR count). The topological polar surface area (TPSA) is 23.5 Å². The zero-order valence-corrected chi connectivity index (χ0v) is 12.9. The van der Waals surface area contributed by atoms with Gasteiger partial charge in [-0.15, -0.1) is 0 Å². The van der Waals surface area contributed by atoms with E-state index in [1.807, 2.05) is 30.3 Å². The molecule has 0 aromatic heterocycles. The molecule has 0 aliphatic carbocycles. The van der Waals surface area contributed by atoms with Crippen LogP contribution in [0.25, 0.3) is 0 Å². The summed E-state index contributed by atoms with van der Waals surface area (Å²) in [5.74, 6) is 0. The van der Waals surface area contributed by atoms with Crippen LogP contribution in [-0.4, -0.2) is 29.6 Å². The van der Waals surface area contributed by atoms with Gasteiger partial charge in [-0.3, -0.25) is 0 Å². The van der Waals surface area contributed by atoms with Gasteiger partial charge in [-0.2, -0.15) is 0 Å². The standard InChI is InChI=1S/C20H23NO/c22-19(16-4-2-1-3-5-16)17-6-8-18(9-7-17)20-10-13-21(14-11-20)15-12-20/h1-9,19,22H,10-15H2. The van der Waals surface area contributed by atoms with Crippen LogP contribution in [0, 0.1) is 0 Å². The first-order chi connectivity index (χ1) is 10.8. The second-order valence-corrected chi connectivity index (χ2v) is 6.81. The highest BCUT2D eigenvalue weighted by Crippen LogP contribution is 2.43. The summed E-state index contributed by atoms with van der Waals surface area (Å²) in [6.45, 7) is 3.73. The predicted octanol–water partition coefficient (Wildman–Crippen LogP) is 3.51. The second kappa shape index (κ2) is 5.53. The van der Waals surface area contributed by atoms with Crippen molar-refractivity contribution in [2.24, 2.45) is 0 Å². The average Bonchev–Trinajstić information content (AvgIpc) is 2.63. The van der Waals surface area contributed by atoms with Crippen molar-refractivity contribution < 1.29 is 5.11 Å². The van der Waals surface area contributed by atoms with Gasteiger partial charge in [0.25, 0.3) is 0 Å². The number of hydrogen-bond donors (Lipinski definition) is 1. The Labute approximate surface area is 132 Å². The van der Waals surface area contributed by atoms with E-state index in [4.69, 9.17) is 0 Å². The molecule has 2 nitrogen and oxygen atoms in total. The molecule has 3 aliphatic rings. The van der Waals surface area contributed by atoms with Crippen molar-refractivity contribution in [1.82, 2.24) is 4.90 Å². The maximum absolute atomic E-state index is 10.5. The van der Waals surface area contributed by atoms with E-state index in [-0.39, 0.29) is 0 Å². The van der Waals surface area contributed by atoms with Crippen molar-refractivity contribution >= 4 is 0 Å². The van der Waals surface area contributed by atoms with Gasteiger partial charge in [0.1, 0.15) is 6.10 Å². The number of aliphatic hydroxyl groups excluding tert-OH is 1. The average molecular weight is 293 g/mol. The first-order valence-corrected chi connectivity index (χ1v) is 8.33. The third-order valence-electron chi connectivity index (χ3n) is 5.67. The molecule has 0 saturated carbocycles. The van der Waals surface area contributed by atoms with E-state index in [1.54, 1.807) is 0 Å². The van der Waals surface area contributed by atoms with Crippen LogP contribution in [0.1, 0.15) is 42.1 Å². The number of nitrogens with zero attached hydrogens (tertiary/aromatic N) is 1. The lowest BCUT2D eigenvalue weighted by Gasteiger charge is -2.49. The molecule has 2 aromatic rings. The second-order valence-electron chi connectivity index (χ2n) is 6.81. The molecule has 3 aliphatic heterocycles. The molecule has 3 fully saturated rings. The Morgan fingerprint density at radius 2 is 1.32 bits per heavy atom. The molecule has 1 unspecified atom stereocenters. The Hall–Kier alpha value is -1.64. The van der Waals surface area contributed by atoms with Gasteiger partial charge >= 0.3 is 0 Å². The smallest absolute Gasteiger partial charge is 0.104 e. The van der Waals surface area contributed by atoms with E-state index in [0.29, 0.717) is 5.41 Å². The van der Waals surface area contributed by atoms with Gasteiger partial charge in [0, 0.05) is 0 Å². The van der Waals surface area contributed by atoms with Gasteiger partial charge in [-0.25, -0.2) is 0 Å². The first kappa shape index (κ1) is 14.0. The molecule has 0 spiro atoms. The molecule has 2 heteroatoms. The Bertz CT molecular complexity index is 613. The summed E-state index contributed by atoms with van der Waals surface area (Å²) in [7, 11) is 0. The highest BCUT2D eigenvalue weighted by molar-refractivity contribution is 5.35. The zero-order chi connectivity index (χ0) is 15.0. The molecule has 1 N–H and O–H groups in total. The Balaban J connectivity index is 1.58. The van der Waals surface area contributed by atoms with Crippen LogP contribution in [0.2, 0.25) is 0 Å². The lowest BCUT2D eigenvalue weighted by atomic mass is 9.67. The van der Waals surface area contributed by atoms with Crippen molar-refractivity contribution in [2.45, 2.75) is 30.8 Å². The van der Waals surface area contributed by atoms with Crippen molar-refractivity contribution in [3.05, 3.63) is 71.3 Å². The van der Waals surface area contributed by atoms with E-state index < -0.39 is 6.10 Å². The zero-order valence-electron chi connectivity index (χ0n) is 12.9. The monoisotopic (exact) mass is 293 g/mol. The molecule has 3 saturated heterocycles. The molecule has 22 heavy (non-hydrogen) atoms. The van der Waals surface area contributed by atoms with Crippen LogP contribution in [0.4, 0.5) is 0 Å². The maximum atomic E-state index is 10.5. The van der Waals surface area contributed by atoms with Gasteiger partial charge < -0.3 is 10.0 Å². The molecule has 114 valence electrons. The first-order valence-electron chi connectivity index (χ1n) is 8.33. The number of aliphatic hydroxyl groups is 1. The predicted molar refractivity (Wildman–Crippen MR) is 88.9 cm³/mol. The summed E-state index contributed by atoms with van der Waals surface area (Å²) in [5.41, 5.74) is 3.81. The SMILES string of the molecule is OC(c1ccccc1)c1ccc(C23CCN(CC2)CC3)cc1. The molecule has 2 aromatic carbocycles. The van der Waals surface area contributed by atoms with E-state index >= 15 is 0 Å². The van der Waals surface area contributed by atoms with Crippen molar-refractivity contribution in [1.29, 1.82) is 0 Å². The van der Waals surface area contributed by atoms with E-state index in [2.05, 4.69) is 29.2 Å². The van der Waals surface area contributed by atoms with Crippen LogP contribution in [0.3, 0.4) is 0 Å². The maximum Gasteiger partial charge on any atom is 0.104 e. The van der Waals surface area contributed by atoms with Crippen LogP contribution in [0.15, 0.2) is 54.6 Å². The summed E-state index contributed by atoms with van der Waals surface area (Å²) in [4.78, 5) is 2.58. The third kappa shape index (κ3) is 2.37. The fourth-order valence-corrected chi connectivity index (χ4v) is 4.11. The van der Waals surface area contributed by atoms with Crippen molar-refractivity contribution in [2.75, 3.05) is 19.6 Å². The Morgan fingerprint density at radius 3 is 1.91 bits per heavy atom. The van der Waals surface area contributed by atoms with E-state index in [0.717, 1.165) is 11.1 Å². The number of hydrogen-bond acceptors (Lipinski definition) is 2. The van der Waals surface area contributed by atoms with Crippen LogP contribution in [-0.2, 0) is 5.41 Å². The van der Waals surface area contributed by atoms with Gasteiger partial charge in [0.2, 0.25) is 0 Å². The van der Waals surface area contributed by atoms with Crippen LogP contribution < -0.4 is 0 Å². The molecular formula is C20H23NO. The minimum absolute atomic E-state index is 0.394. The third-order valence-corrected chi connectivity index (χ3v) is 5.67. The van der Waals surface area contributed by atoms with Crippen molar-refractivity contribution in [3.63, 3.8) is 0 Å². The van der Waals surface area contributed by atoms with Gasteiger partial charge in [0.15, 0.2) is 0 Å². The van der Waals surface area contributed by atoms with Crippen LogP contribution in [0.5, 0.6) is 0 Å². The molecule has 1 atom stereocenters. The summed E-state index contributed by atoms with van der Waals surface area (Å²) < 4.78 is 0. The Morgan fingerprint density at radius 1 is 0.773 bits per heavy atom. The van der Waals surface area contributed by atoms with Crippen molar-refractivity contribution in [3.8, 4) is 0 Å². The highest BCUT2D eigenvalue weighted by Gasteiger charge is 2.40. The summed E-state index contributed by atoms with van der Waals surface area (Å²) in [6.07, 6.45) is 3.33. The highest BCUT2D eigenvalue weighted by atomic mass is 16.3. The molecule has 2 bridgehead atoms. The van der Waals surface area contributed by atoms with E-state index in [1.165, 1.54) is 44.5 Å². The summed E-state index contributed by atoms with van der Waals surface area (Å²) in [6, 6.07) is 18.6. The summed E-state index contributed by atoms with van der Waals surface area (Å²) in [5, 5.41) is 10.5.